The number of aliphatic hydroxyl groups is 2. The van der Waals surface area contributed by atoms with Crippen LogP contribution >= 0.6 is 0 Å². The predicted octanol–water partition coefficient (Wildman–Crippen LogP) is 6.60. The molecule has 0 aromatic carbocycles. The lowest BCUT2D eigenvalue weighted by Gasteiger charge is -2.42. The van der Waals surface area contributed by atoms with E-state index in [-0.39, 0.29) is 67.0 Å². The van der Waals surface area contributed by atoms with Crippen LogP contribution in [0.2, 0.25) is 0 Å². The van der Waals surface area contributed by atoms with E-state index in [0.29, 0.717) is 70.2 Å². The second-order valence-corrected chi connectivity index (χ2v) is 20.9. The van der Waals surface area contributed by atoms with Gasteiger partial charge in [0.1, 0.15) is 24.4 Å². The maximum atomic E-state index is 14.5. The van der Waals surface area contributed by atoms with Crippen molar-refractivity contribution in [2.75, 3.05) is 41.1 Å². The number of hydrogen-bond acceptors (Lipinski definition) is 14. The van der Waals surface area contributed by atoms with Gasteiger partial charge in [0.2, 0.25) is 5.79 Å². The van der Waals surface area contributed by atoms with Crippen molar-refractivity contribution < 1.29 is 67.3 Å². The van der Waals surface area contributed by atoms with Crippen molar-refractivity contribution in [1.29, 1.82) is 0 Å². The fourth-order valence-corrected chi connectivity index (χ4v) is 10.8. The van der Waals surface area contributed by atoms with Gasteiger partial charge in [0.05, 0.1) is 43.7 Å². The molecule has 15 heteroatoms. The Morgan fingerprint density at radius 3 is 2.26 bits per heavy atom. The van der Waals surface area contributed by atoms with Crippen LogP contribution < -0.4 is 0 Å². The molecule has 0 aromatic heterocycles. The second-order valence-electron chi connectivity index (χ2n) is 20.9. The molecular weight excluding hydrogens is 887 g/mol. The summed E-state index contributed by atoms with van der Waals surface area (Å²) < 4.78 is 41.5. The fraction of sp³-hybridized carbons (Fsp3) is 0.759. The number of allylic oxidation sites excluding steroid dienone is 6. The first-order valence-corrected chi connectivity index (χ1v) is 25.5. The molecule has 5 rings (SSSR count). The highest BCUT2D eigenvalue weighted by Crippen LogP contribution is 2.38. The first-order valence-electron chi connectivity index (χ1n) is 25.5. The van der Waals surface area contributed by atoms with Gasteiger partial charge in [-0.25, -0.2) is 4.79 Å². The average Bonchev–Trinajstić information content (AvgIpc) is 3.31. The summed E-state index contributed by atoms with van der Waals surface area (Å²) in [4.78, 5) is 72.3. The number of Topliss-reactive ketones (excluding diaryl/α,β-unsaturated/α-hetero) is 3. The predicted molar refractivity (Wildman–Crippen MR) is 259 cm³/mol. The highest BCUT2D eigenvalue weighted by atomic mass is 16.6. The van der Waals surface area contributed by atoms with Crippen molar-refractivity contribution in [3.05, 3.63) is 47.6 Å². The van der Waals surface area contributed by atoms with Crippen LogP contribution in [0.25, 0.3) is 0 Å². The summed E-state index contributed by atoms with van der Waals surface area (Å²) in [6, 6.07) is -1.13. The number of aliphatic hydroxyl groups excluding tert-OH is 1. The largest absolute Gasteiger partial charge is 0.460 e. The zero-order valence-corrected chi connectivity index (χ0v) is 43.0. The number of ketones is 3. The van der Waals surface area contributed by atoms with Gasteiger partial charge in [-0.1, -0.05) is 71.1 Å². The van der Waals surface area contributed by atoms with Crippen LogP contribution in [-0.2, 0) is 57.1 Å². The third-order valence-electron chi connectivity index (χ3n) is 15.4. The fourth-order valence-electron chi connectivity index (χ4n) is 10.8. The Labute approximate surface area is 410 Å². The molecule has 5 aliphatic rings. The number of rotatable bonds is 8. The quantitative estimate of drug-likeness (QED) is 0.195. The van der Waals surface area contributed by atoms with Gasteiger partial charge < -0.3 is 48.3 Å². The minimum absolute atomic E-state index is 0.0237. The first-order chi connectivity index (χ1) is 32.8. The van der Waals surface area contributed by atoms with E-state index in [1.807, 2.05) is 58.1 Å². The van der Waals surface area contributed by atoms with Crippen molar-refractivity contribution in [2.24, 2.45) is 35.5 Å². The molecule has 4 fully saturated rings. The van der Waals surface area contributed by atoms with Gasteiger partial charge in [-0.2, -0.15) is 0 Å². The molecule has 2 bridgehead atoms. The lowest BCUT2D eigenvalue weighted by atomic mass is 9.78. The summed E-state index contributed by atoms with van der Waals surface area (Å²) in [5, 5.41) is 23.5. The Morgan fingerprint density at radius 2 is 1.59 bits per heavy atom. The van der Waals surface area contributed by atoms with Crippen LogP contribution in [0.5, 0.6) is 0 Å². The molecule has 3 saturated heterocycles. The number of cyclic esters (lactones) is 1. The van der Waals surface area contributed by atoms with E-state index in [0.717, 1.165) is 18.4 Å². The zero-order valence-electron chi connectivity index (χ0n) is 43.0. The maximum Gasteiger partial charge on any atom is 0.329 e. The molecule has 1 aliphatic carbocycles. The standard InChI is InChI=1S/C54H83NO14/c1-32-16-12-11-13-17-33(2)45(63-8)28-40-21-19-38(7)54(62,69-40)51(59)52(60)55-23-15-14-18-42(55)53(61)68-46(35(4)26-39-20-22-44(47(27-39)64-9)67-41-30-66-31-41)29-43(56)34(3)25-37(6)49(58)50(65-10)48(57)36(5)24-32/h11-13,16-17,25,32,35-42,44-47,49-50,58,62H,14-15,18-24,26-31H2,1-10H3/b13-11?,16-12?,33-17?,34-25+/t32-,35+,36-,37?,38-,39?,40+,42+,44?,45+,46+,47?,49?,50+,54-/m1/s1. The van der Waals surface area contributed by atoms with Crippen LogP contribution in [0.4, 0.5) is 0 Å². The molecule has 0 spiro atoms. The Morgan fingerprint density at radius 1 is 0.855 bits per heavy atom. The molecule has 0 radical (unpaired) electrons. The molecule has 4 aliphatic heterocycles. The number of carbonyl (C=O) groups is 5. The smallest absolute Gasteiger partial charge is 0.329 e. The van der Waals surface area contributed by atoms with E-state index in [1.165, 1.54) is 12.0 Å². The van der Waals surface area contributed by atoms with Crippen molar-refractivity contribution >= 4 is 29.2 Å². The highest BCUT2D eigenvalue weighted by Gasteiger charge is 2.53. The summed E-state index contributed by atoms with van der Waals surface area (Å²) in [5.74, 6) is -7.77. The monoisotopic (exact) mass is 970 g/mol. The number of ether oxygens (including phenoxy) is 7. The molecule has 4 heterocycles. The van der Waals surface area contributed by atoms with Gasteiger partial charge >= 0.3 is 5.97 Å². The summed E-state index contributed by atoms with van der Waals surface area (Å²) >= 11 is 0. The summed E-state index contributed by atoms with van der Waals surface area (Å²) in [6.45, 7) is 14.0. The molecule has 388 valence electrons. The van der Waals surface area contributed by atoms with E-state index in [1.54, 1.807) is 41.1 Å². The first kappa shape index (κ1) is 56.5. The van der Waals surface area contributed by atoms with E-state index in [2.05, 4.69) is 0 Å². The Bertz CT molecular complexity index is 1870. The lowest BCUT2D eigenvalue weighted by molar-refractivity contribution is -0.265. The van der Waals surface area contributed by atoms with E-state index in [9.17, 15) is 34.2 Å². The molecule has 2 N–H and O–H groups in total. The Balaban J connectivity index is 1.45. The normalized spacial score (nSPS) is 38.3. The molecular formula is C54H83NO14. The summed E-state index contributed by atoms with van der Waals surface area (Å²) in [5.41, 5.74) is 1.21. The third-order valence-corrected chi connectivity index (χ3v) is 15.4. The average molecular weight is 970 g/mol. The lowest BCUT2D eigenvalue weighted by Crippen LogP contribution is -2.61. The SMILES string of the molecule is COC1CC(C[C@H](C)[C@@H]2CC(=O)/C(C)=C/C(C)C(O)[C@@H](OC)C(=O)[C@H](C)C[C@H](C)C=CC=CC=C(C)[C@@H](OC)C[C@@H]3CC[C@@H](C)[C@@](O)(O3)C(=O)C(=O)N3CCCC[C@H]3C(=O)O2)CCC1OC1COC1. The molecule has 1 amide bonds. The van der Waals surface area contributed by atoms with Crippen LogP contribution in [-0.4, -0.2) is 146 Å². The summed E-state index contributed by atoms with van der Waals surface area (Å²) in [7, 11) is 4.66. The number of piperidine rings is 1. The number of carbonyl (C=O) groups excluding carboxylic acids is 5. The Kier molecular flexibility index (Phi) is 21.6. The number of fused-ring (bicyclic) bond motifs is 3. The van der Waals surface area contributed by atoms with Crippen molar-refractivity contribution in [1.82, 2.24) is 4.90 Å². The Hall–Kier alpha value is -3.41. The number of esters is 1. The van der Waals surface area contributed by atoms with Gasteiger partial charge in [0, 0.05) is 58.5 Å². The van der Waals surface area contributed by atoms with Crippen LogP contribution in [0.15, 0.2) is 47.6 Å². The number of hydrogen-bond donors (Lipinski definition) is 2. The van der Waals surface area contributed by atoms with E-state index in [4.69, 9.17) is 33.2 Å². The van der Waals surface area contributed by atoms with Crippen molar-refractivity contribution in [3.63, 3.8) is 0 Å². The van der Waals surface area contributed by atoms with Crippen molar-refractivity contribution in [2.45, 2.75) is 186 Å². The molecule has 69 heavy (non-hydrogen) atoms. The van der Waals surface area contributed by atoms with E-state index < -0.39 is 77.8 Å². The van der Waals surface area contributed by atoms with Gasteiger partial charge in [0.25, 0.3) is 11.7 Å². The third kappa shape index (κ3) is 14.8. The minimum atomic E-state index is -2.43. The zero-order chi connectivity index (χ0) is 50.6. The molecule has 15 atom stereocenters. The maximum absolute atomic E-state index is 14.5. The molecule has 0 aromatic rings. The molecule has 15 nitrogen and oxygen atoms in total. The van der Waals surface area contributed by atoms with Gasteiger partial charge in [0.15, 0.2) is 11.6 Å². The second kappa shape index (κ2) is 26.3. The molecule has 5 unspecified atom stereocenters. The summed E-state index contributed by atoms with van der Waals surface area (Å²) in [6.07, 6.45) is 12.7. The van der Waals surface area contributed by atoms with Gasteiger partial charge in [-0.15, -0.1) is 0 Å². The van der Waals surface area contributed by atoms with Crippen LogP contribution in [0.3, 0.4) is 0 Å². The highest BCUT2D eigenvalue weighted by molar-refractivity contribution is 6.39. The molecule has 1 saturated carbocycles. The van der Waals surface area contributed by atoms with Crippen LogP contribution in [0.1, 0.15) is 126 Å². The number of amides is 1. The number of methoxy groups -OCH3 is 3. The van der Waals surface area contributed by atoms with Crippen LogP contribution in [0, 0.1) is 35.5 Å². The van der Waals surface area contributed by atoms with Gasteiger partial charge in [-0.05, 0) is 107 Å². The number of nitrogens with zero attached hydrogens (tertiary/aromatic N) is 1. The van der Waals surface area contributed by atoms with E-state index >= 15 is 0 Å². The van der Waals surface area contributed by atoms with Crippen molar-refractivity contribution in [3.8, 4) is 0 Å². The minimum Gasteiger partial charge on any atom is -0.460 e. The topological polar surface area (TPSA) is 194 Å². The van der Waals surface area contributed by atoms with Gasteiger partial charge in [-0.3, -0.25) is 19.2 Å².